The summed E-state index contributed by atoms with van der Waals surface area (Å²) in [5.74, 6) is 4.46. The van der Waals surface area contributed by atoms with E-state index >= 15 is 0 Å². The van der Waals surface area contributed by atoms with Gasteiger partial charge in [0.2, 0.25) is 0 Å². The van der Waals surface area contributed by atoms with Crippen LogP contribution in [0.5, 0.6) is 0 Å². The molecule has 4 aliphatic rings. The summed E-state index contributed by atoms with van der Waals surface area (Å²) >= 11 is 0. The van der Waals surface area contributed by atoms with E-state index in [-0.39, 0.29) is 0 Å². The molecule has 4 rings (SSSR count). The number of alkyl halides is 1. The Morgan fingerprint density at radius 3 is 2.33 bits per heavy atom. The zero-order valence-electron chi connectivity index (χ0n) is 14.2. The van der Waals surface area contributed by atoms with E-state index in [9.17, 15) is 4.39 Å². The summed E-state index contributed by atoms with van der Waals surface area (Å²) in [5, 5.41) is 0. The van der Waals surface area contributed by atoms with Gasteiger partial charge in [0.25, 0.3) is 0 Å². The summed E-state index contributed by atoms with van der Waals surface area (Å²) < 4.78 is 13.9. The Bertz CT molecular complexity index is 418. The lowest BCUT2D eigenvalue weighted by Gasteiger charge is -2.60. The van der Waals surface area contributed by atoms with Crippen LogP contribution < -0.4 is 0 Å². The van der Waals surface area contributed by atoms with Crippen LogP contribution >= 0.6 is 0 Å². The molecular formula is C20H33F. The van der Waals surface area contributed by atoms with Crippen molar-refractivity contribution < 1.29 is 4.39 Å². The molecule has 0 aromatic carbocycles. The van der Waals surface area contributed by atoms with Crippen LogP contribution in [0.25, 0.3) is 0 Å². The molecule has 0 aliphatic heterocycles. The van der Waals surface area contributed by atoms with E-state index in [4.69, 9.17) is 0 Å². The smallest absolute Gasteiger partial charge is 0.100 e. The Hall–Kier alpha value is -0.0700. The highest BCUT2D eigenvalue weighted by Gasteiger charge is 2.59. The molecule has 1 heteroatoms. The zero-order chi connectivity index (χ0) is 14.8. The highest BCUT2D eigenvalue weighted by atomic mass is 19.1. The number of hydrogen-bond donors (Lipinski definition) is 0. The normalized spacial score (nSPS) is 60.0. The SMILES string of the molecule is CC1CCC2C3CC[C@@H]4C[C@@H](F)CC[C@]4(C)C3CC[C@]12C. The van der Waals surface area contributed by atoms with Gasteiger partial charge in [-0.2, -0.15) is 0 Å². The first-order valence-electron chi connectivity index (χ1n) is 9.59. The largest absolute Gasteiger partial charge is 0.247 e. The molecule has 0 aromatic rings. The maximum atomic E-state index is 13.9. The molecule has 120 valence electrons. The van der Waals surface area contributed by atoms with Crippen molar-refractivity contribution in [3.63, 3.8) is 0 Å². The Morgan fingerprint density at radius 1 is 0.810 bits per heavy atom. The van der Waals surface area contributed by atoms with Crippen molar-refractivity contribution in [3.8, 4) is 0 Å². The van der Waals surface area contributed by atoms with Crippen molar-refractivity contribution in [2.24, 2.45) is 40.4 Å². The monoisotopic (exact) mass is 292 g/mol. The number of halogens is 1. The quantitative estimate of drug-likeness (QED) is 0.513. The van der Waals surface area contributed by atoms with Crippen LogP contribution in [0.15, 0.2) is 0 Å². The van der Waals surface area contributed by atoms with Crippen LogP contribution in [0.2, 0.25) is 0 Å². The minimum atomic E-state index is -0.500. The number of rotatable bonds is 0. The second-order valence-electron chi connectivity index (χ2n) is 9.55. The summed E-state index contributed by atoms with van der Waals surface area (Å²) in [6, 6.07) is 0. The van der Waals surface area contributed by atoms with Gasteiger partial charge in [0.15, 0.2) is 0 Å². The Balaban J connectivity index is 1.62. The Labute approximate surface area is 130 Å². The van der Waals surface area contributed by atoms with E-state index in [0.29, 0.717) is 16.7 Å². The third-order valence-corrected chi connectivity index (χ3v) is 9.08. The van der Waals surface area contributed by atoms with Crippen LogP contribution in [-0.4, -0.2) is 6.17 Å². The minimum Gasteiger partial charge on any atom is -0.247 e. The van der Waals surface area contributed by atoms with Gasteiger partial charge in [-0.3, -0.25) is 0 Å². The summed E-state index contributed by atoms with van der Waals surface area (Å²) in [6.07, 6.45) is 10.9. The molecule has 4 unspecified atom stereocenters. The maximum absolute atomic E-state index is 13.9. The van der Waals surface area contributed by atoms with Crippen molar-refractivity contribution >= 4 is 0 Å². The molecule has 0 bridgehead atoms. The highest BCUT2D eigenvalue weighted by molar-refractivity contribution is 5.08. The second kappa shape index (κ2) is 4.71. The van der Waals surface area contributed by atoms with Gasteiger partial charge in [0.05, 0.1) is 0 Å². The van der Waals surface area contributed by atoms with Gasteiger partial charge in [-0.05, 0) is 98.2 Å². The van der Waals surface area contributed by atoms with Gasteiger partial charge < -0.3 is 0 Å². The fraction of sp³-hybridized carbons (Fsp3) is 1.00. The van der Waals surface area contributed by atoms with Gasteiger partial charge in [-0.25, -0.2) is 4.39 Å². The first kappa shape index (κ1) is 14.5. The molecule has 0 aromatic heterocycles. The third kappa shape index (κ3) is 1.91. The van der Waals surface area contributed by atoms with E-state index in [1.165, 1.54) is 44.9 Å². The van der Waals surface area contributed by atoms with E-state index < -0.39 is 6.17 Å². The minimum absolute atomic E-state index is 0.471. The fourth-order valence-electron chi connectivity index (χ4n) is 7.47. The van der Waals surface area contributed by atoms with Crippen molar-refractivity contribution in [2.45, 2.75) is 84.7 Å². The van der Waals surface area contributed by atoms with Gasteiger partial charge >= 0.3 is 0 Å². The predicted molar refractivity (Wildman–Crippen MR) is 85.8 cm³/mol. The summed E-state index contributed by atoms with van der Waals surface area (Å²) in [6.45, 7) is 7.64. The van der Waals surface area contributed by atoms with E-state index in [1.807, 2.05) is 0 Å². The molecule has 0 spiro atoms. The molecule has 0 amide bonds. The van der Waals surface area contributed by atoms with E-state index in [2.05, 4.69) is 20.8 Å². The lowest BCUT2D eigenvalue weighted by Crippen LogP contribution is -2.53. The lowest BCUT2D eigenvalue weighted by atomic mass is 9.45. The molecule has 21 heavy (non-hydrogen) atoms. The molecule has 4 saturated carbocycles. The average Bonchev–Trinajstić information content (AvgIpc) is 2.76. The van der Waals surface area contributed by atoms with Gasteiger partial charge in [0.1, 0.15) is 6.17 Å². The average molecular weight is 292 g/mol. The predicted octanol–water partition coefficient (Wildman–Crippen LogP) is 6.00. The Morgan fingerprint density at radius 2 is 1.52 bits per heavy atom. The molecule has 0 heterocycles. The fourth-order valence-corrected chi connectivity index (χ4v) is 7.47. The van der Waals surface area contributed by atoms with Crippen molar-refractivity contribution in [1.82, 2.24) is 0 Å². The lowest BCUT2D eigenvalue weighted by molar-refractivity contribution is -0.118. The van der Waals surface area contributed by atoms with Gasteiger partial charge in [-0.15, -0.1) is 0 Å². The molecule has 0 radical (unpaired) electrons. The van der Waals surface area contributed by atoms with Crippen molar-refractivity contribution in [3.05, 3.63) is 0 Å². The van der Waals surface area contributed by atoms with Gasteiger partial charge in [-0.1, -0.05) is 20.8 Å². The third-order valence-electron chi connectivity index (χ3n) is 9.08. The molecule has 0 N–H and O–H groups in total. The number of hydrogen-bond acceptors (Lipinski definition) is 0. The van der Waals surface area contributed by atoms with Crippen molar-refractivity contribution in [1.29, 1.82) is 0 Å². The zero-order valence-corrected chi connectivity index (χ0v) is 14.2. The number of fused-ring (bicyclic) bond motifs is 5. The maximum Gasteiger partial charge on any atom is 0.100 e. The van der Waals surface area contributed by atoms with Crippen LogP contribution in [0, 0.1) is 40.4 Å². The van der Waals surface area contributed by atoms with Crippen LogP contribution in [0.4, 0.5) is 4.39 Å². The molecular weight excluding hydrogens is 259 g/mol. The van der Waals surface area contributed by atoms with Crippen LogP contribution in [0.1, 0.15) is 78.6 Å². The van der Waals surface area contributed by atoms with E-state index in [0.717, 1.165) is 36.5 Å². The first-order valence-corrected chi connectivity index (χ1v) is 9.59. The molecule has 0 nitrogen and oxygen atoms in total. The highest BCUT2D eigenvalue weighted by Crippen LogP contribution is 2.67. The summed E-state index contributed by atoms with van der Waals surface area (Å²) in [7, 11) is 0. The first-order chi connectivity index (χ1) is 9.95. The molecule has 4 aliphatic carbocycles. The van der Waals surface area contributed by atoms with Gasteiger partial charge in [0, 0.05) is 0 Å². The molecule has 8 atom stereocenters. The van der Waals surface area contributed by atoms with E-state index in [1.54, 1.807) is 0 Å². The summed E-state index contributed by atoms with van der Waals surface area (Å²) in [4.78, 5) is 0. The topological polar surface area (TPSA) is 0 Å². The standard InChI is InChI=1S/C20H33F/c1-13-4-7-17-16-6-5-14-12-15(21)8-10-20(14,3)18(16)9-11-19(13,17)2/h13-18H,4-12H2,1-3H3/t13?,14-,15+,16?,17?,18?,19-,20+/m1/s1. The van der Waals surface area contributed by atoms with Crippen LogP contribution in [0.3, 0.4) is 0 Å². The molecule has 4 fully saturated rings. The van der Waals surface area contributed by atoms with Crippen LogP contribution in [-0.2, 0) is 0 Å². The molecule has 0 saturated heterocycles. The summed E-state index contributed by atoms with van der Waals surface area (Å²) in [5.41, 5.74) is 1.10. The van der Waals surface area contributed by atoms with Crippen molar-refractivity contribution in [2.75, 3.05) is 0 Å². The Kier molecular flexibility index (Phi) is 3.26. The second-order valence-corrected chi connectivity index (χ2v) is 9.55.